The van der Waals surface area contributed by atoms with Crippen LogP contribution in [-0.4, -0.2) is 42.1 Å². The summed E-state index contributed by atoms with van der Waals surface area (Å²) < 4.78 is 5.35. The Balaban J connectivity index is 1.63. The van der Waals surface area contributed by atoms with E-state index in [4.69, 9.17) is 4.42 Å². The van der Waals surface area contributed by atoms with E-state index in [-0.39, 0.29) is 6.54 Å². The van der Waals surface area contributed by atoms with E-state index in [0.29, 0.717) is 5.76 Å². The molecule has 3 rings (SSSR count). The highest BCUT2D eigenvalue weighted by Crippen LogP contribution is 2.22. The molecule has 1 aromatic carbocycles. The molecule has 0 radical (unpaired) electrons. The van der Waals surface area contributed by atoms with E-state index in [1.165, 1.54) is 11.1 Å². The van der Waals surface area contributed by atoms with Crippen LogP contribution in [0.15, 0.2) is 63.7 Å². The van der Waals surface area contributed by atoms with E-state index in [1.807, 2.05) is 6.07 Å². The Bertz CT molecular complexity index is 754. The Kier molecular flexibility index (Phi) is 6.35. The predicted octanol–water partition coefficient (Wildman–Crippen LogP) is 3.63. The molecule has 0 bridgehead atoms. The van der Waals surface area contributed by atoms with Gasteiger partial charge in [-0.15, -0.1) is 0 Å². The molecule has 1 aliphatic rings. The van der Waals surface area contributed by atoms with Crippen LogP contribution >= 0.6 is 0 Å². The molecule has 0 saturated carbocycles. The number of hydrogen-bond acceptors (Lipinski definition) is 3. The van der Waals surface area contributed by atoms with Crippen LogP contribution in [0.3, 0.4) is 0 Å². The maximum atomic E-state index is 10.6. The maximum absolute atomic E-state index is 10.6. The SMILES string of the molecule is CCNC(=NCC(C)(O)c1ccco1)N1CCC(=Cc2ccccc2)CC1. The van der Waals surface area contributed by atoms with Gasteiger partial charge in [-0.25, -0.2) is 4.99 Å². The molecule has 2 N–H and O–H groups in total. The first-order valence-corrected chi connectivity index (χ1v) is 9.62. The molecule has 1 aliphatic heterocycles. The van der Waals surface area contributed by atoms with Gasteiger partial charge in [0.25, 0.3) is 0 Å². The van der Waals surface area contributed by atoms with E-state index < -0.39 is 5.60 Å². The van der Waals surface area contributed by atoms with Crippen molar-refractivity contribution >= 4 is 12.0 Å². The minimum atomic E-state index is -1.11. The highest BCUT2D eigenvalue weighted by molar-refractivity contribution is 5.80. The lowest BCUT2D eigenvalue weighted by Crippen LogP contribution is -2.45. The first-order chi connectivity index (χ1) is 13.1. The van der Waals surface area contributed by atoms with E-state index in [2.05, 4.69) is 52.5 Å². The van der Waals surface area contributed by atoms with Gasteiger partial charge in [0.2, 0.25) is 0 Å². The molecule has 0 aliphatic carbocycles. The van der Waals surface area contributed by atoms with Crippen molar-refractivity contribution in [3.8, 4) is 0 Å². The normalized spacial score (nSPS) is 17.5. The van der Waals surface area contributed by atoms with Gasteiger partial charge in [-0.2, -0.15) is 0 Å². The minimum Gasteiger partial charge on any atom is -0.466 e. The topological polar surface area (TPSA) is 61.0 Å². The van der Waals surface area contributed by atoms with Gasteiger partial charge in [-0.3, -0.25) is 0 Å². The molecule has 0 amide bonds. The molecule has 2 aromatic rings. The van der Waals surface area contributed by atoms with Gasteiger partial charge in [-0.05, 0) is 44.4 Å². The number of aliphatic imine (C=N–C) groups is 1. The van der Waals surface area contributed by atoms with Crippen molar-refractivity contribution in [3.05, 3.63) is 65.6 Å². The fourth-order valence-corrected chi connectivity index (χ4v) is 3.25. The third-order valence-corrected chi connectivity index (χ3v) is 4.80. The molecule has 1 saturated heterocycles. The van der Waals surface area contributed by atoms with E-state index in [9.17, 15) is 5.11 Å². The average molecular weight is 367 g/mol. The summed E-state index contributed by atoms with van der Waals surface area (Å²) in [4.78, 5) is 6.94. The second-order valence-electron chi connectivity index (χ2n) is 7.12. The molecular formula is C22H29N3O2. The zero-order valence-corrected chi connectivity index (χ0v) is 16.2. The molecule has 1 fully saturated rings. The Hall–Kier alpha value is -2.53. The largest absolute Gasteiger partial charge is 0.466 e. The number of furan rings is 1. The quantitative estimate of drug-likeness (QED) is 0.626. The molecule has 1 atom stereocenters. The summed E-state index contributed by atoms with van der Waals surface area (Å²) in [5.41, 5.74) is 1.62. The molecule has 5 heteroatoms. The third-order valence-electron chi connectivity index (χ3n) is 4.80. The average Bonchev–Trinajstić information content (AvgIpc) is 3.23. The van der Waals surface area contributed by atoms with Crippen LogP contribution in [0.25, 0.3) is 6.08 Å². The van der Waals surface area contributed by atoms with Crippen molar-refractivity contribution in [1.82, 2.24) is 10.2 Å². The number of hydrogen-bond donors (Lipinski definition) is 2. The van der Waals surface area contributed by atoms with Gasteiger partial charge in [0.05, 0.1) is 12.8 Å². The first-order valence-electron chi connectivity index (χ1n) is 9.62. The molecule has 5 nitrogen and oxygen atoms in total. The second-order valence-corrected chi connectivity index (χ2v) is 7.12. The lowest BCUT2D eigenvalue weighted by atomic mass is 10.0. The minimum absolute atomic E-state index is 0.256. The number of nitrogens with one attached hydrogen (secondary N) is 1. The Labute approximate surface area is 161 Å². The van der Waals surface area contributed by atoms with E-state index in [1.54, 1.807) is 25.3 Å². The molecule has 27 heavy (non-hydrogen) atoms. The van der Waals surface area contributed by atoms with Crippen molar-refractivity contribution in [3.63, 3.8) is 0 Å². The number of nitrogens with zero attached hydrogens (tertiary/aromatic N) is 2. The predicted molar refractivity (Wildman–Crippen MR) is 109 cm³/mol. The van der Waals surface area contributed by atoms with Crippen molar-refractivity contribution in [2.45, 2.75) is 32.3 Å². The van der Waals surface area contributed by atoms with Crippen LogP contribution in [-0.2, 0) is 5.60 Å². The van der Waals surface area contributed by atoms with Crippen molar-refractivity contribution in [1.29, 1.82) is 0 Å². The Morgan fingerprint density at radius 1 is 1.22 bits per heavy atom. The highest BCUT2D eigenvalue weighted by atomic mass is 16.4. The summed E-state index contributed by atoms with van der Waals surface area (Å²) in [6, 6.07) is 14.0. The molecule has 1 unspecified atom stereocenters. The maximum Gasteiger partial charge on any atom is 0.194 e. The summed E-state index contributed by atoms with van der Waals surface area (Å²) in [6.07, 6.45) is 5.91. The van der Waals surface area contributed by atoms with Crippen LogP contribution in [0.2, 0.25) is 0 Å². The van der Waals surface area contributed by atoms with Gasteiger partial charge in [0, 0.05) is 19.6 Å². The second kappa shape index (κ2) is 8.91. The lowest BCUT2D eigenvalue weighted by molar-refractivity contribution is 0.0434. The number of likely N-dealkylation sites (tertiary alicyclic amines) is 1. The van der Waals surface area contributed by atoms with Crippen LogP contribution < -0.4 is 5.32 Å². The third kappa shape index (κ3) is 5.23. The number of piperidine rings is 1. The lowest BCUT2D eigenvalue weighted by Gasteiger charge is -2.32. The zero-order valence-electron chi connectivity index (χ0n) is 16.2. The number of aliphatic hydroxyl groups is 1. The number of benzene rings is 1. The fraction of sp³-hybridized carbons (Fsp3) is 0.409. The summed E-state index contributed by atoms with van der Waals surface area (Å²) in [5.74, 6) is 1.39. The monoisotopic (exact) mass is 367 g/mol. The van der Waals surface area contributed by atoms with Crippen LogP contribution in [0, 0.1) is 0 Å². The van der Waals surface area contributed by atoms with Crippen molar-refractivity contribution < 1.29 is 9.52 Å². The van der Waals surface area contributed by atoms with Gasteiger partial charge >= 0.3 is 0 Å². The number of rotatable bonds is 5. The van der Waals surface area contributed by atoms with Gasteiger partial charge in [0.15, 0.2) is 5.96 Å². The molecular weight excluding hydrogens is 338 g/mol. The summed E-state index contributed by atoms with van der Waals surface area (Å²) in [7, 11) is 0. The standard InChI is InChI=1S/C22H29N3O2/c1-3-23-21(24-17-22(2,26)20-10-7-15-27-20)25-13-11-19(12-14-25)16-18-8-5-4-6-9-18/h4-10,15-16,26H,3,11-14,17H2,1-2H3,(H,23,24). The summed E-state index contributed by atoms with van der Waals surface area (Å²) >= 11 is 0. The van der Waals surface area contributed by atoms with Gasteiger partial charge < -0.3 is 19.7 Å². The van der Waals surface area contributed by atoms with Crippen molar-refractivity contribution in [2.75, 3.05) is 26.2 Å². The first kappa shape index (κ1) is 19.2. The highest BCUT2D eigenvalue weighted by Gasteiger charge is 2.27. The molecule has 0 spiro atoms. The molecule has 1 aromatic heterocycles. The van der Waals surface area contributed by atoms with Crippen LogP contribution in [0.5, 0.6) is 0 Å². The molecule has 144 valence electrons. The van der Waals surface area contributed by atoms with E-state index in [0.717, 1.165) is 38.4 Å². The fourth-order valence-electron chi connectivity index (χ4n) is 3.25. The summed E-state index contributed by atoms with van der Waals surface area (Å²) in [5, 5.41) is 14.0. The molecule has 2 heterocycles. The van der Waals surface area contributed by atoms with Crippen molar-refractivity contribution in [2.24, 2.45) is 4.99 Å². The van der Waals surface area contributed by atoms with Crippen LogP contribution in [0.1, 0.15) is 38.0 Å². The number of guanidine groups is 1. The van der Waals surface area contributed by atoms with Crippen LogP contribution in [0.4, 0.5) is 0 Å². The van der Waals surface area contributed by atoms with Gasteiger partial charge in [-0.1, -0.05) is 42.0 Å². The summed E-state index contributed by atoms with van der Waals surface area (Å²) in [6.45, 7) is 6.69. The smallest absolute Gasteiger partial charge is 0.194 e. The Morgan fingerprint density at radius 2 is 1.96 bits per heavy atom. The van der Waals surface area contributed by atoms with Gasteiger partial charge in [0.1, 0.15) is 11.4 Å². The van der Waals surface area contributed by atoms with E-state index >= 15 is 0 Å². The zero-order chi connectivity index (χ0) is 19.1. The Morgan fingerprint density at radius 3 is 2.59 bits per heavy atom.